The van der Waals surface area contributed by atoms with Gasteiger partial charge in [0.2, 0.25) is 4.96 Å². The number of carbonyl (C=O) groups excluding carboxylic acids is 1. The molecule has 30 heavy (non-hydrogen) atoms. The van der Waals surface area contributed by atoms with Gasteiger partial charge in [0, 0.05) is 11.1 Å². The molecule has 1 N–H and O–H groups in total. The first-order valence-corrected chi connectivity index (χ1v) is 10.3. The van der Waals surface area contributed by atoms with Crippen LogP contribution in [-0.2, 0) is 0 Å². The second kappa shape index (κ2) is 8.50. The zero-order valence-corrected chi connectivity index (χ0v) is 17.6. The number of benzene rings is 2. The highest BCUT2D eigenvalue weighted by Gasteiger charge is 2.15. The van der Waals surface area contributed by atoms with Crippen LogP contribution >= 0.6 is 11.3 Å². The summed E-state index contributed by atoms with van der Waals surface area (Å²) >= 11 is 1.41. The van der Waals surface area contributed by atoms with Gasteiger partial charge >= 0.3 is 0 Å². The van der Waals surface area contributed by atoms with Crippen molar-refractivity contribution >= 4 is 27.9 Å². The van der Waals surface area contributed by atoms with Gasteiger partial charge in [0.15, 0.2) is 0 Å². The number of nitrogens with one attached hydrogen (secondary N) is 1. The summed E-state index contributed by atoms with van der Waals surface area (Å²) in [6, 6.07) is 12.7. The van der Waals surface area contributed by atoms with Crippen molar-refractivity contribution in [3.05, 3.63) is 54.4 Å². The summed E-state index contributed by atoms with van der Waals surface area (Å²) in [5, 5.41) is 16.0. The number of ether oxygens (including phenoxy) is 2. The molecule has 0 bridgehead atoms. The van der Waals surface area contributed by atoms with Crippen LogP contribution < -0.4 is 14.8 Å². The quantitative estimate of drug-likeness (QED) is 0.477. The van der Waals surface area contributed by atoms with Crippen molar-refractivity contribution in [1.29, 1.82) is 0 Å². The zero-order valence-electron chi connectivity index (χ0n) is 16.8. The van der Waals surface area contributed by atoms with E-state index in [2.05, 4.69) is 27.5 Å². The second-order valence-corrected chi connectivity index (χ2v) is 7.66. The van der Waals surface area contributed by atoms with Gasteiger partial charge < -0.3 is 14.8 Å². The van der Waals surface area contributed by atoms with E-state index in [0.29, 0.717) is 27.7 Å². The molecule has 154 valence electrons. The lowest BCUT2D eigenvalue weighted by Crippen LogP contribution is -2.14. The number of carbonyl (C=O) groups is 1. The standard InChI is InChI=1S/C21H21N5O3S/c1-4-13(2)29-16-7-5-6-14(10-16)19(27)23-17-11-15(8-9-18(17)28-3)20-25-26-12-22-24-21(26)30-20/h5-13H,4H2,1-3H3,(H,23,27)/t13-/m1/s1. The Labute approximate surface area is 177 Å². The number of methoxy groups -OCH3 is 1. The van der Waals surface area contributed by atoms with Crippen molar-refractivity contribution in [2.24, 2.45) is 0 Å². The monoisotopic (exact) mass is 423 g/mol. The molecule has 4 rings (SSSR count). The van der Waals surface area contributed by atoms with Crippen LogP contribution in [0, 0.1) is 0 Å². The van der Waals surface area contributed by atoms with Gasteiger partial charge in [-0.25, -0.2) is 0 Å². The van der Waals surface area contributed by atoms with Crippen LogP contribution in [0.1, 0.15) is 30.6 Å². The average molecular weight is 423 g/mol. The fraction of sp³-hybridized carbons (Fsp3) is 0.238. The minimum atomic E-state index is -0.252. The molecule has 0 saturated carbocycles. The number of aromatic nitrogens is 4. The van der Waals surface area contributed by atoms with Crippen LogP contribution in [0.4, 0.5) is 5.69 Å². The number of nitrogens with zero attached hydrogens (tertiary/aromatic N) is 4. The minimum absolute atomic E-state index is 0.0784. The predicted molar refractivity (Wildman–Crippen MR) is 115 cm³/mol. The summed E-state index contributed by atoms with van der Waals surface area (Å²) < 4.78 is 12.9. The molecule has 0 unspecified atom stereocenters. The molecule has 0 saturated heterocycles. The summed E-state index contributed by atoms with van der Waals surface area (Å²) in [6.45, 7) is 4.05. The third-order valence-electron chi connectivity index (χ3n) is 4.59. The Morgan fingerprint density at radius 1 is 1.27 bits per heavy atom. The Kier molecular flexibility index (Phi) is 5.62. The van der Waals surface area contributed by atoms with E-state index in [1.54, 1.807) is 42.2 Å². The smallest absolute Gasteiger partial charge is 0.255 e. The number of anilines is 1. The van der Waals surface area contributed by atoms with Crippen LogP contribution in [-0.4, -0.2) is 38.9 Å². The van der Waals surface area contributed by atoms with Gasteiger partial charge in [0.1, 0.15) is 22.8 Å². The van der Waals surface area contributed by atoms with Gasteiger partial charge in [-0.1, -0.05) is 24.3 Å². The first-order valence-electron chi connectivity index (χ1n) is 9.50. The van der Waals surface area contributed by atoms with Crippen molar-refractivity contribution in [2.45, 2.75) is 26.4 Å². The Balaban J connectivity index is 1.59. The zero-order chi connectivity index (χ0) is 21.1. The molecule has 2 aromatic heterocycles. The topological polar surface area (TPSA) is 90.6 Å². The summed E-state index contributed by atoms with van der Waals surface area (Å²) in [6.07, 6.45) is 2.52. The van der Waals surface area contributed by atoms with Gasteiger partial charge in [-0.05, 0) is 49.7 Å². The number of fused-ring (bicyclic) bond motifs is 1. The SMILES string of the molecule is CC[C@@H](C)Oc1cccc(C(=O)Nc2cc(-c3nn4cnnc4s3)ccc2OC)c1. The third-order valence-corrected chi connectivity index (χ3v) is 5.55. The first-order chi connectivity index (χ1) is 14.6. The largest absolute Gasteiger partial charge is 0.495 e. The maximum absolute atomic E-state index is 12.9. The van der Waals surface area contributed by atoms with Crippen molar-refractivity contribution in [3.8, 4) is 22.1 Å². The summed E-state index contributed by atoms with van der Waals surface area (Å²) in [4.78, 5) is 13.6. The van der Waals surface area contributed by atoms with E-state index in [1.807, 2.05) is 25.1 Å². The number of rotatable bonds is 7. The molecule has 0 aliphatic carbocycles. The third kappa shape index (κ3) is 4.11. The highest BCUT2D eigenvalue weighted by atomic mass is 32.1. The van der Waals surface area contributed by atoms with Crippen LogP contribution in [0.2, 0.25) is 0 Å². The number of hydrogen-bond donors (Lipinski definition) is 1. The molecular formula is C21H21N5O3S. The Morgan fingerprint density at radius 2 is 2.13 bits per heavy atom. The van der Waals surface area contributed by atoms with E-state index in [9.17, 15) is 4.79 Å². The van der Waals surface area contributed by atoms with E-state index < -0.39 is 0 Å². The molecule has 0 aliphatic rings. The minimum Gasteiger partial charge on any atom is -0.495 e. The van der Waals surface area contributed by atoms with Crippen LogP contribution in [0.5, 0.6) is 11.5 Å². The van der Waals surface area contributed by atoms with Gasteiger partial charge in [-0.3, -0.25) is 4.79 Å². The van der Waals surface area contributed by atoms with E-state index in [-0.39, 0.29) is 12.0 Å². The molecule has 2 aromatic carbocycles. The summed E-state index contributed by atoms with van der Waals surface area (Å²) in [5.74, 6) is 0.970. The van der Waals surface area contributed by atoms with Crippen molar-refractivity contribution in [3.63, 3.8) is 0 Å². The Bertz CT molecular complexity index is 1160. The molecule has 1 amide bonds. The van der Waals surface area contributed by atoms with Crippen LogP contribution in [0.3, 0.4) is 0 Å². The highest BCUT2D eigenvalue weighted by Crippen LogP contribution is 2.33. The lowest BCUT2D eigenvalue weighted by Gasteiger charge is -2.14. The Morgan fingerprint density at radius 3 is 2.90 bits per heavy atom. The fourth-order valence-electron chi connectivity index (χ4n) is 2.84. The van der Waals surface area contributed by atoms with Gasteiger partial charge in [-0.2, -0.15) is 9.61 Å². The van der Waals surface area contributed by atoms with Crippen molar-refractivity contribution in [2.75, 3.05) is 12.4 Å². The molecule has 9 heteroatoms. The Hall–Kier alpha value is -3.46. The van der Waals surface area contributed by atoms with E-state index in [0.717, 1.165) is 17.0 Å². The average Bonchev–Trinajstić information content (AvgIpc) is 3.36. The highest BCUT2D eigenvalue weighted by molar-refractivity contribution is 7.19. The molecule has 4 aromatic rings. The molecule has 2 heterocycles. The number of amides is 1. The van der Waals surface area contributed by atoms with Gasteiger partial charge in [-0.15, -0.1) is 10.2 Å². The molecular weight excluding hydrogens is 402 g/mol. The van der Waals surface area contributed by atoms with Crippen LogP contribution in [0.15, 0.2) is 48.8 Å². The molecule has 0 radical (unpaired) electrons. The molecule has 8 nitrogen and oxygen atoms in total. The van der Waals surface area contributed by atoms with Gasteiger partial charge in [0.25, 0.3) is 5.91 Å². The molecule has 0 spiro atoms. The van der Waals surface area contributed by atoms with Gasteiger partial charge in [0.05, 0.1) is 18.9 Å². The summed E-state index contributed by atoms with van der Waals surface area (Å²) in [7, 11) is 1.56. The lowest BCUT2D eigenvalue weighted by atomic mass is 10.1. The fourth-order valence-corrected chi connectivity index (χ4v) is 3.65. The van der Waals surface area contributed by atoms with Crippen molar-refractivity contribution in [1.82, 2.24) is 19.8 Å². The molecule has 0 fully saturated rings. The van der Waals surface area contributed by atoms with E-state index in [4.69, 9.17) is 9.47 Å². The normalized spacial score (nSPS) is 12.0. The summed E-state index contributed by atoms with van der Waals surface area (Å²) in [5.41, 5.74) is 1.90. The maximum atomic E-state index is 12.9. The second-order valence-electron chi connectivity index (χ2n) is 6.70. The van der Waals surface area contributed by atoms with E-state index >= 15 is 0 Å². The predicted octanol–water partition coefficient (Wildman–Crippen LogP) is 4.29. The van der Waals surface area contributed by atoms with Crippen LogP contribution in [0.25, 0.3) is 15.5 Å². The van der Waals surface area contributed by atoms with E-state index in [1.165, 1.54) is 11.3 Å². The van der Waals surface area contributed by atoms with Crippen molar-refractivity contribution < 1.29 is 14.3 Å². The first kappa shape index (κ1) is 19.8. The number of hydrogen-bond acceptors (Lipinski definition) is 7. The maximum Gasteiger partial charge on any atom is 0.255 e. The lowest BCUT2D eigenvalue weighted by molar-refractivity contribution is 0.102. The molecule has 1 atom stereocenters. The molecule has 0 aliphatic heterocycles.